The van der Waals surface area contributed by atoms with Crippen molar-refractivity contribution >= 4 is 27.7 Å². The van der Waals surface area contributed by atoms with Crippen molar-refractivity contribution < 1.29 is 0 Å². The van der Waals surface area contributed by atoms with Gasteiger partial charge in [-0.15, -0.1) is 0 Å². The average molecular weight is 238 g/mol. The maximum absolute atomic E-state index is 3.45. The minimum Gasteiger partial charge on any atom is -0.379 e. The van der Waals surface area contributed by atoms with Gasteiger partial charge >= 0.3 is 0 Å². The van der Waals surface area contributed by atoms with E-state index in [4.69, 9.17) is 0 Å². The molecule has 0 unspecified atom stereocenters. The van der Waals surface area contributed by atoms with Crippen LogP contribution in [-0.2, 0) is 5.33 Å². The highest BCUT2D eigenvalue weighted by atomic mass is 79.9. The van der Waals surface area contributed by atoms with E-state index in [-0.39, 0.29) is 0 Å². The summed E-state index contributed by atoms with van der Waals surface area (Å²) >= 11 is 3.45. The first kappa shape index (κ1) is 8.82. The zero-order chi connectivity index (χ0) is 9.26. The van der Waals surface area contributed by atoms with Crippen molar-refractivity contribution in [1.29, 1.82) is 0 Å². The van der Waals surface area contributed by atoms with Gasteiger partial charge in [-0.1, -0.05) is 34.1 Å². The van der Waals surface area contributed by atoms with Gasteiger partial charge in [-0.3, -0.25) is 0 Å². The summed E-state index contributed by atoms with van der Waals surface area (Å²) in [7, 11) is 0. The average Bonchev–Trinajstić information content (AvgIpc) is 2.17. The van der Waals surface area contributed by atoms with E-state index < -0.39 is 0 Å². The van der Waals surface area contributed by atoms with Crippen molar-refractivity contribution in [3.8, 4) is 0 Å². The van der Waals surface area contributed by atoms with Crippen LogP contribution in [0.25, 0.3) is 6.08 Å². The zero-order valence-corrected chi connectivity index (χ0v) is 9.14. The summed E-state index contributed by atoms with van der Waals surface area (Å²) in [4.78, 5) is 0. The summed E-state index contributed by atoms with van der Waals surface area (Å²) in [5.41, 5.74) is 3.84. The number of hydrogen-bond acceptors (Lipinski definition) is 1. The summed E-state index contributed by atoms with van der Waals surface area (Å²) in [6, 6.07) is 6.94. The van der Waals surface area contributed by atoms with Gasteiger partial charge in [0, 0.05) is 17.1 Å². The predicted octanol–water partition coefficient (Wildman–Crippen LogP) is 3.41. The normalized spacial score (nSPS) is 19.4. The molecule has 0 bridgehead atoms. The van der Waals surface area contributed by atoms with E-state index in [2.05, 4.69) is 58.5 Å². The lowest BCUT2D eigenvalue weighted by molar-refractivity contribution is 0.992. The Hall–Kier alpha value is -0.760. The summed E-state index contributed by atoms with van der Waals surface area (Å²) in [5, 5.41) is 4.33. The predicted molar refractivity (Wildman–Crippen MR) is 61.2 cm³/mol. The molecule has 0 radical (unpaired) electrons. The standard InChI is InChI=1S/C11H12BrN/c1-8-2-4-10-6-9(7-12)3-5-11(10)13-8/h2-6,8,13H,7H2,1H3/t8-/m1/s1. The van der Waals surface area contributed by atoms with E-state index in [1.54, 1.807) is 0 Å². The quantitative estimate of drug-likeness (QED) is 0.739. The second kappa shape index (κ2) is 3.54. The van der Waals surface area contributed by atoms with Gasteiger partial charge in [-0.25, -0.2) is 0 Å². The molecule has 1 heterocycles. The van der Waals surface area contributed by atoms with Gasteiger partial charge in [0.2, 0.25) is 0 Å². The van der Waals surface area contributed by atoms with Crippen LogP contribution in [0.1, 0.15) is 18.1 Å². The summed E-state index contributed by atoms with van der Waals surface area (Å²) in [6.07, 6.45) is 4.36. The highest BCUT2D eigenvalue weighted by Gasteiger charge is 2.07. The van der Waals surface area contributed by atoms with Gasteiger partial charge in [-0.2, -0.15) is 0 Å². The van der Waals surface area contributed by atoms with Crippen molar-refractivity contribution in [2.45, 2.75) is 18.3 Å². The fourth-order valence-electron chi connectivity index (χ4n) is 1.51. The molecule has 2 rings (SSSR count). The number of benzene rings is 1. The summed E-state index contributed by atoms with van der Waals surface area (Å²) in [5.74, 6) is 0. The number of anilines is 1. The Bertz CT molecular complexity index is 344. The molecular formula is C11H12BrN. The lowest BCUT2D eigenvalue weighted by Crippen LogP contribution is -2.15. The molecule has 1 aliphatic rings. The van der Waals surface area contributed by atoms with E-state index in [1.807, 2.05) is 0 Å². The van der Waals surface area contributed by atoms with E-state index in [0.717, 1.165) is 5.33 Å². The van der Waals surface area contributed by atoms with Gasteiger partial charge in [0.15, 0.2) is 0 Å². The summed E-state index contributed by atoms with van der Waals surface area (Å²) in [6.45, 7) is 2.15. The highest BCUT2D eigenvalue weighted by molar-refractivity contribution is 9.08. The molecule has 0 saturated heterocycles. The van der Waals surface area contributed by atoms with Crippen LogP contribution in [0.4, 0.5) is 5.69 Å². The third-order valence-corrected chi connectivity index (χ3v) is 2.87. The van der Waals surface area contributed by atoms with Crippen LogP contribution in [0, 0.1) is 0 Å². The minimum absolute atomic E-state index is 0.447. The number of fused-ring (bicyclic) bond motifs is 1. The third kappa shape index (κ3) is 1.78. The number of rotatable bonds is 1. The Kier molecular flexibility index (Phi) is 2.40. The van der Waals surface area contributed by atoms with Crippen LogP contribution in [0.2, 0.25) is 0 Å². The Morgan fingerprint density at radius 2 is 2.31 bits per heavy atom. The van der Waals surface area contributed by atoms with Crippen molar-refractivity contribution in [3.05, 3.63) is 35.4 Å². The largest absolute Gasteiger partial charge is 0.379 e. The first-order valence-electron chi connectivity index (χ1n) is 4.43. The fourth-order valence-corrected chi connectivity index (χ4v) is 1.85. The molecule has 1 N–H and O–H groups in total. The first-order chi connectivity index (χ1) is 6.29. The van der Waals surface area contributed by atoms with Crippen LogP contribution in [0.5, 0.6) is 0 Å². The maximum Gasteiger partial charge on any atom is 0.0419 e. The minimum atomic E-state index is 0.447. The van der Waals surface area contributed by atoms with Crippen LogP contribution >= 0.6 is 15.9 Å². The summed E-state index contributed by atoms with van der Waals surface area (Å²) < 4.78 is 0. The molecule has 0 saturated carbocycles. The molecule has 0 aliphatic carbocycles. The van der Waals surface area contributed by atoms with Gasteiger partial charge in [0.25, 0.3) is 0 Å². The van der Waals surface area contributed by atoms with Gasteiger partial charge in [0.1, 0.15) is 0 Å². The molecule has 1 aromatic carbocycles. The number of halogens is 1. The van der Waals surface area contributed by atoms with E-state index in [1.165, 1.54) is 16.8 Å². The van der Waals surface area contributed by atoms with Crippen molar-refractivity contribution in [2.24, 2.45) is 0 Å². The topological polar surface area (TPSA) is 12.0 Å². The smallest absolute Gasteiger partial charge is 0.0419 e. The Morgan fingerprint density at radius 3 is 3.08 bits per heavy atom. The molecule has 0 fully saturated rings. The van der Waals surface area contributed by atoms with Crippen LogP contribution in [-0.4, -0.2) is 6.04 Å². The molecular weight excluding hydrogens is 226 g/mol. The Morgan fingerprint density at radius 1 is 1.46 bits per heavy atom. The second-order valence-electron chi connectivity index (χ2n) is 3.35. The molecule has 1 atom stereocenters. The van der Waals surface area contributed by atoms with Gasteiger partial charge in [0.05, 0.1) is 0 Å². The van der Waals surface area contributed by atoms with Crippen molar-refractivity contribution in [3.63, 3.8) is 0 Å². The molecule has 1 aromatic rings. The number of nitrogens with one attached hydrogen (secondary N) is 1. The van der Waals surface area contributed by atoms with Crippen molar-refractivity contribution in [2.75, 3.05) is 5.32 Å². The van der Waals surface area contributed by atoms with E-state index in [0.29, 0.717) is 6.04 Å². The molecule has 1 nitrogen and oxygen atoms in total. The molecule has 0 amide bonds. The molecule has 13 heavy (non-hydrogen) atoms. The Labute approximate surface area is 87.0 Å². The monoisotopic (exact) mass is 237 g/mol. The van der Waals surface area contributed by atoms with Crippen molar-refractivity contribution in [1.82, 2.24) is 0 Å². The maximum atomic E-state index is 3.45. The number of alkyl halides is 1. The molecule has 1 aliphatic heterocycles. The Balaban J connectivity index is 2.40. The van der Waals surface area contributed by atoms with Crippen LogP contribution < -0.4 is 5.32 Å². The SMILES string of the molecule is C[C@@H]1C=Cc2cc(CBr)ccc2N1. The molecule has 0 aromatic heterocycles. The zero-order valence-electron chi connectivity index (χ0n) is 7.55. The van der Waals surface area contributed by atoms with Gasteiger partial charge in [-0.05, 0) is 30.2 Å². The molecule has 0 spiro atoms. The molecule has 2 heteroatoms. The highest BCUT2D eigenvalue weighted by Crippen LogP contribution is 2.24. The second-order valence-corrected chi connectivity index (χ2v) is 3.91. The van der Waals surface area contributed by atoms with E-state index in [9.17, 15) is 0 Å². The fraction of sp³-hybridized carbons (Fsp3) is 0.273. The van der Waals surface area contributed by atoms with E-state index >= 15 is 0 Å². The molecule has 68 valence electrons. The van der Waals surface area contributed by atoms with Gasteiger partial charge < -0.3 is 5.32 Å². The van der Waals surface area contributed by atoms with Crippen LogP contribution in [0.15, 0.2) is 24.3 Å². The number of hydrogen-bond donors (Lipinski definition) is 1. The lowest BCUT2D eigenvalue weighted by atomic mass is 10.0. The van der Waals surface area contributed by atoms with Crippen LogP contribution in [0.3, 0.4) is 0 Å². The third-order valence-electron chi connectivity index (χ3n) is 2.22. The first-order valence-corrected chi connectivity index (χ1v) is 5.55. The lowest BCUT2D eigenvalue weighted by Gasteiger charge is -2.19.